The third-order valence-corrected chi connectivity index (χ3v) is 4.91. The second-order valence-electron chi connectivity index (χ2n) is 4.45. The lowest BCUT2D eigenvalue weighted by molar-refractivity contribution is 0.412. The first kappa shape index (κ1) is 12.9. The molecule has 1 N–H and O–H groups in total. The monoisotopic (exact) mass is 271 g/mol. The highest BCUT2D eigenvalue weighted by Gasteiger charge is 2.21. The van der Waals surface area contributed by atoms with Gasteiger partial charge in [-0.15, -0.1) is 12.6 Å². The van der Waals surface area contributed by atoms with Gasteiger partial charge in [-0.25, -0.2) is 13.1 Å². The zero-order valence-electron chi connectivity index (χ0n) is 9.59. The predicted molar refractivity (Wildman–Crippen MR) is 70.9 cm³/mol. The molecule has 0 aromatic heterocycles. The fourth-order valence-corrected chi connectivity index (χ4v) is 3.59. The molecule has 0 amide bonds. The number of thiol groups is 1. The normalized spacial score (nSPS) is 18.2. The van der Waals surface area contributed by atoms with Crippen LogP contribution < -0.4 is 4.72 Å². The van der Waals surface area contributed by atoms with Gasteiger partial charge < -0.3 is 0 Å². The summed E-state index contributed by atoms with van der Waals surface area (Å²) in [6.45, 7) is 0. The maximum absolute atomic E-state index is 12.1. The average molecular weight is 271 g/mol. The van der Waals surface area contributed by atoms with Crippen molar-refractivity contribution in [1.82, 2.24) is 4.72 Å². The van der Waals surface area contributed by atoms with E-state index in [4.69, 9.17) is 0 Å². The van der Waals surface area contributed by atoms with Crippen LogP contribution in [0.4, 0.5) is 0 Å². The van der Waals surface area contributed by atoms with Gasteiger partial charge in [-0.05, 0) is 37.1 Å². The van der Waals surface area contributed by atoms with E-state index in [-0.39, 0.29) is 6.04 Å². The summed E-state index contributed by atoms with van der Waals surface area (Å²) in [7, 11) is -3.36. The molecule has 1 fully saturated rings. The molecule has 0 radical (unpaired) electrons. The van der Waals surface area contributed by atoms with Gasteiger partial charge in [-0.2, -0.15) is 0 Å². The van der Waals surface area contributed by atoms with Gasteiger partial charge in [-0.1, -0.05) is 19.3 Å². The lowest BCUT2D eigenvalue weighted by atomic mass is 9.96. The van der Waals surface area contributed by atoms with Crippen molar-refractivity contribution in [2.45, 2.75) is 47.9 Å². The van der Waals surface area contributed by atoms with Crippen LogP contribution in [0.15, 0.2) is 34.1 Å². The molecule has 0 bridgehead atoms. The topological polar surface area (TPSA) is 46.2 Å². The van der Waals surface area contributed by atoms with Crippen LogP contribution in [0.5, 0.6) is 0 Å². The van der Waals surface area contributed by atoms with Crippen LogP contribution in [0.25, 0.3) is 0 Å². The number of hydrogen-bond donors (Lipinski definition) is 2. The van der Waals surface area contributed by atoms with E-state index in [0.717, 1.165) is 30.6 Å². The van der Waals surface area contributed by atoms with Crippen molar-refractivity contribution in [3.8, 4) is 0 Å². The maximum atomic E-state index is 12.1. The van der Waals surface area contributed by atoms with Gasteiger partial charge in [0.2, 0.25) is 10.0 Å². The van der Waals surface area contributed by atoms with Gasteiger partial charge in [0, 0.05) is 10.9 Å². The van der Waals surface area contributed by atoms with Crippen molar-refractivity contribution in [1.29, 1.82) is 0 Å². The Morgan fingerprint density at radius 1 is 1.06 bits per heavy atom. The Labute approximate surface area is 108 Å². The van der Waals surface area contributed by atoms with Gasteiger partial charge in [0.15, 0.2) is 0 Å². The third-order valence-electron chi connectivity index (χ3n) is 3.07. The van der Waals surface area contributed by atoms with Gasteiger partial charge in [0.1, 0.15) is 0 Å². The van der Waals surface area contributed by atoms with E-state index in [1.54, 1.807) is 24.3 Å². The van der Waals surface area contributed by atoms with E-state index < -0.39 is 10.0 Å². The number of nitrogens with one attached hydrogen (secondary N) is 1. The van der Waals surface area contributed by atoms with Gasteiger partial charge in [-0.3, -0.25) is 0 Å². The summed E-state index contributed by atoms with van der Waals surface area (Å²) in [5.41, 5.74) is 0. The van der Waals surface area contributed by atoms with E-state index in [9.17, 15) is 8.42 Å². The van der Waals surface area contributed by atoms with Crippen molar-refractivity contribution in [3.63, 3.8) is 0 Å². The Balaban J connectivity index is 2.10. The van der Waals surface area contributed by atoms with Crippen LogP contribution in [0, 0.1) is 0 Å². The summed E-state index contributed by atoms with van der Waals surface area (Å²) >= 11 is 4.14. The second kappa shape index (κ2) is 5.42. The standard InChI is InChI=1S/C12H17NO2S2/c14-17(15,12-8-6-11(16)7-9-12)13-10-4-2-1-3-5-10/h6-10,13,16H,1-5H2. The second-order valence-corrected chi connectivity index (χ2v) is 6.68. The molecular weight excluding hydrogens is 254 g/mol. The Morgan fingerprint density at radius 3 is 2.24 bits per heavy atom. The molecule has 3 nitrogen and oxygen atoms in total. The van der Waals surface area contributed by atoms with Crippen molar-refractivity contribution in [3.05, 3.63) is 24.3 Å². The molecule has 0 atom stereocenters. The Morgan fingerprint density at radius 2 is 1.65 bits per heavy atom. The molecule has 1 aliphatic carbocycles. The van der Waals surface area contributed by atoms with E-state index in [1.165, 1.54) is 6.42 Å². The highest BCUT2D eigenvalue weighted by Crippen LogP contribution is 2.20. The molecule has 0 aliphatic heterocycles. The number of rotatable bonds is 3. The molecule has 17 heavy (non-hydrogen) atoms. The van der Waals surface area contributed by atoms with Crippen molar-refractivity contribution < 1.29 is 8.42 Å². The van der Waals surface area contributed by atoms with Crippen molar-refractivity contribution in [2.75, 3.05) is 0 Å². The molecule has 0 unspecified atom stereocenters. The van der Waals surface area contributed by atoms with Crippen LogP contribution in [0.3, 0.4) is 0 Å². The van der Waals surface area contributed by atoms with Crippen LogP contribution in [0.2, 0.25) is 0 Å². The molecule has 0 saturated heterocycles. The minimum absolute atomic E-state index is 0.101. The van der Waals surface area contributed by atoms with E-state index in [2.05, 4.69) is 17.4 Å². The quantitative estimate of drug-likeness (QED) is 0.830. The Hall–Kier alpha value is -0.520. The van der Waals surface area contributed by atoms with Gasteiger partial charge >= 0.3 is 0 Å². The predicted octanol–water partition coefficient (Wildman–Crippen LogP) is 2.59. The number of hydrogen-bond acceptors (Lipinski definition) is 3. The van der Waals surface area contributed by atoms with E-state index in [0.29, 0.717) is 4.90 Å². The highest BCUT2D eigenvalue weighted by atomic mass is 32.2. The zero-order valence-corrected chi connectivity index (χ0v) is 11.3. The summed E-state index contributed by atoms with van der Waals surface area (Å²) in [6, 6.07) is 6.67. The molecule has 1 aromatic carbocycles. The zero-order chi connectivity index (χ0) is 12.3. The minimum atomic E-state index is -3.36. The fraction of sp³-hybridized carbons (Fsp3) is 0.500. The summed E-state index contributed by atoms with van der Waals surface area (Å²) < 4.78 is 26.9. The first-order valence-corrected chi connectivity index (χ1v) is 7.82. The number of benzene rings is 1. The third kappa shape index (κ3) is 3.47. The SMILES string of the molecule is O=S(=O)(NC1CCCCC1)c1ccc(S)cc1. The molecule has 94 valence electrons. The lowest BCUT2D eigenvalue weighted by Gasteiger charge is -2.22. The summed E-state index contributed by atoms with van der Waals surface area (Å²) in [5.74, 6) is 0. The largest absolute Gasteiger partial charge is 0.240 e. The molecule has 0 heterocycles. The number of sulfonamides is 1. The molecule has 2 rings (SSSR count). The fourth-order valence-electron chi connectivity index (χ4n) is 2.13. The van der Waals surface area contributed by atoms with Crippen LogP contribution >= 0.6 is 12.6 Å². The highest BCUT2D eigenvalue weighted by molar-refractivity contribution is 7.89. The summed E-state index contributed by atoms with van der Waals surface area (Å²) in [5, 5.41) is 0. The van der Waals surface area contributed by atoms with E-state index >= 15 is 0 Å². The first-order valence-electron chi connectivity index (χ1n) is 5.89. The van der Waals surface area contributed by atoms with Gasteiger partial charge in [0.05, 0.1) is 4.90 Å². The molecule has 1 saturated carbocycles. The average Bonchev–Trinajstić information content (AvgIpc) is 2.30. The van der Waals surface area contributed by atoms with Gasteiger partial charge in [0.25, 0.3) is 0 Å². The van der Waals surface area contributed by atoms with Crippen LogP contribution in [-0.4, -0.2) is 14.5 Å². The van der Waals surface area contributed by atoms with Crippen LogP contribution in [0.1, 0.15) is 32.1 Å². The van der Waals surface area contributed by atoms with Crippen molar-refractivity contribution >= 4 is 22.7 Å². The molecule has 0 spiro atoms. The molecule has 1 aromatic rings. The maximum Gasteiger partial charge on any atom is 0.240 e. The minimum Gasteiger partial charge on any atom is -0.208 e. The Bertz CT molecular complexity index is 462. The van der Waals surface area contributed by atoms with Crippen LogP contribution in [-0.2, 0) is 10.0 Å². The van der Waals surface area contributed by atoms with E-state index in [1.807, 2.05) is 0 Å². The summed E-state index contributed by atoms with van der Waals surface area (Å²) in [6.07, 6.45) is 5.34. The molecular formula is C12H17NO2S2. The molecule has 5 heteroatoms. The van der Waals surface area contributed by atoms with Crippen molar-refractivity contribution in [2.24, 2.45) is 0 Å². The first-order chi connectivity index (χ1) is 8.08. The smallest absolute Gasteiger partial charge is 0.208 e. The Kier molecular flexibility index (Phi) is 4.12. The lowest BCUT2D eigenvalue weighted by Crippen LogP contribution is -2.36. The molecule has 1 aliphatic rings. The summed E-state index contributed by atoms with van der Waals surface area (Å²) in [4.78, 5) is 1.09.